The molecule has 0 saturated carbocycles. The average Bonchev–Trinajstić information content (AvgIpc) is 2.55. The molecule has 0 unspecified atom stereocenters. The van der Waals surface area contributed by atoms with Crippen LogP contribution in [0, 0.1) is 0 Å². The van der Waals surface area contributed by atoms with E-state index in [1.54, 1.807) is 24.3 Å². The van der Waals surface area contributed by atoms with Crippen LogP contribution in [0.5, 0.6) is 11.5 Å². The van der Waals surface area contributed by atoms with E-state index in [9.17, 15) is 13.2 Å². The van der Waals surface area contributed by atoms with E-state index >= 15 is 0 Å². The highest BCUT2D eigenvalue weighted by Gasteiger charge is 2.12. The van der Waals surface area contributed by atoms with E-state index in [0.29, 0.717) is 11.4 Å². The van der Waals surface area contributed by atoms with Gasteiger partial charge in [-0.25, -0.2) is 8.42 Å². The number of hydrogen-bond acceptors (Lipinski definition) is 5. The molecule has 0 aliphatic heterocycles. The van der Waals surface area contributed by atoms with Gasteiger partial charge in [0.1, 0.15) is 12.3 Å². The molecule has 0 fully saturated rings. The predicted octanol–water partition coefficient (Wildman–Crippen LogP) is 3.10. The number of carbonyl (C=O) groups is 1. The maximum atomic E-state index is 11.6. The van der Waals surface area contributed by atoms with E-state index < -0.39 is 15.9 Å². The summed E-state index contributed by atoms with van der Waals surface area (Å²) in [5.74, 6) is 0.196. The van der Waals surface area contributed by atoms with E-state index in [4.69, 9.17) is 10.3 Å². The zero-order valence-electron chi connectivity index (χ0n) is 13.2. The first-order valence-corrected chi connectivity index (χ1v) is 8.92. The van der Waals surface area contributed by atoms with Crippen molar-refractivity contribution < 1.29 is 17.9 Å². The summed E-state index contributed by atoms with van der Waals surface area (Å²) in [6, 6.07) is 13.2. The van der Waals surface area contributed by atoms with Crippen LogP contribution in [0.2, 0.25) is 0 Å². The third-order valence-corrected chi connectivity index (χ3v) is 3.40. The van der Waals surface area contributed by atoms with Crippen molar-refractivity contribution in [2.45, 2.75) is 0 Å². The second-order valence-corrected chi connectivity index (χ2v) is 6.69. The summed E-state index contributed by atoms with van der Waals surface area (Å²) in [4.78, 5) is 14.1. The number of para-hydroxylation sites is 1. The second-order valence-electron chi connectivity index (χ2n) is 4.94. The number of nitrogens with zero attached hydrogens (tertiary/aromatic N) is 3. The number of amides is 1. The van der Waals surface area contributed by atoms with E-state index in [1.165, 1.54) is 18.2 Å². The van der Waals surface area contributed by atoms with Crippen molar-refractivity contribution in [1.82, 2.24) is 0 Å². The van der Waals surface area contributed by atoms with Crippen molar-refractivity contribution in [3.63, 3.8) is 0 Å². The molecule has 0 heterocycles. The number of rotatable bonds is 7. The van der Waals surface area contributed by atoms with Gasteiger partial charge in [-0.3, -0.25) is 9.52 Å². The Balaban J connectivity index is 2.31. The van der Waals surface area contributed by atoms with Gasteiger partial charge in [0.15, 0.2) is 5.75 Å². The van der Waals surface area contributed by atoms with Gasteiger partial charge < -0.3 is 10.1 Å². The number of anilines is 2. The molecule has 1 amide bonds. The lowest BCUT2D eigenvalue weighted by molar-refractivity contribution is -0.114. The molecular weight excluding hydrogens is 346 g/mol. The van der Waals surface area contributed by atoms with Crippen LogP contribution in [0.15, 0.2) is 53.6 Å². The summed E-state index contributed by atoms with van der Waals surface area (Å²) < 4.78 is 31.1. The topological polar surface area (TPSA) is 133 Å². The van der Waals surface area contributed by atoms with Crippen LogP contribution < -0.4 is 14.8 Å². The Hall–Kier alpha value is -3.23. The smallest absolute Gasteiger partial charge is 0.230 e. The maximum absolute atomic E-state index is 11.6. The average molecular weight is 361 g/mol. The molecule has 2 aromatic carbocycles. The van der Waals surface area contributed by atoms with Crippen LogP contribution in [0.3, 0.4) is 0 Å². The normalized spacial score (nSPS) is 10.4. The van der Waals surface area contributed by atoms with Crippen LogP contribution in [0.4, 0.5) is 11.4 Å². The van der Waals surface area contributed by atoms with Gasteiger partial charge >= 0.3 is 0 Å². The van der Waals surface area contributed by atoms with Gasteiger partial charge in [0, 0.05) is 16.7 Å². The number of nitrogens with one attached hydrogen (secondary N) is 2. The molecule has 0 aliphatic carbocycles. The number of hydrogen-bond donors (Lipinski definition) is 2. The third-order valence-electron chi connectivity index (χ3n) is 2.81. The quantitative estimate of drug-likeness (QED) is 0.445. The number of ether oxygens (including phenoxy) is 1. The fourth-order valence-electron chi connectivity index (χ4n) is 1.88. The van der Waals surface area contributed by atoms with Gasteiger partial charge in [0.05, 0.1) is 11.9 Å². The lowest BCUT2D eigenvalue weighted by Crippen LogP contribution is -2.15. The van der Waals surface area contributed by atoms with Crippen molar-refractivity contribution in [3.05, 3.63) is 59.0 Å². The molecular formula is C15H15N5O4S. The lowest BCUT2D eigenvalue weighted by Gasteiger charge is -2.14. The highest BCUT2D eigenvalue weighted by atomic mass is 32.2. The molecule has 25 heavy (non-hydrogen) atoms. The molecule has 2 rings (SSSR count). The Kier molecular flexibility index (Phi) is 5.83. The first kappa shape index (κ1) is 18.1. The molecule has 0 aliphatic rings. The van der Waals surface area contributed by atoms with Gasteiger partial charge in [-0.15, -0.1) is 0 Å². The standard InChI is InChI=1S/C15H15N5O4S/c1-25(22,23)19-13-8-7-11(18-15(21)10-17-20-16)9-14(13)24-12-5-3-2-4-6-12/h2-9,19H,10H2,1H3,(H,18,21). The monoisotopic (exact) mass is 361 g/mol. The minimum absolute atomic E-state index is 0.207. The number of azide groups is 1. The summed E-state index contributed by atoms with van der Waals surface area (Å²) in [7, 11) is -3.51. The fraction of sp³-hybridized carbons (Fsp3) is 0.133. The van der Waals surface area contributed by atoms with E-state index in [1.807, 2.05) is 6.07 Å². The van der Waals surface area contributed by atoms with Crippen LogP contribution in [-0.2, 0) is 14.8 Å². The van der Waals surface area contributed by atoms with E-state index in [2.05, 4.69) is 20.1 Å². The Morgan fingerprint density at radius 1 is 1.24 bits per heavy atom. The lowest BCUT2D eigenvalue weighted by atomic mass is 10.2. The van der Waals surface area contributed by atoms with Crippen LogP contribution in [0.25, 0.3) is 10.4 Å². The molecule has 0 radical (unpaired) electrons. The molecule has 0 spiro atoms. The Morgan fingerprint density at radius 3 is 2.60 bits per heavy atom. The Bertz CT molecular complexity index is 909. The molecule has 9 nitrogen and oxygen atoms in total. The summed E-state index contributed by atoms with van der Waals surface area (Å²) in [5.41, 5.74) is 8.81. The zero-order chi connectivity index (χ0) is 18.3. The molecule has 0 aromatic heterocycles. The number of benzene rings is 2. The van der Waals surface area contributed by atoms with E-state index in [0.717, 1.165) is 6.26 Å². The minimum atomic E-state index is -3.51. The molecule has 0 saturated heterocycles. The Morgan fingerprint density at radius 2 is 1.96 bits per heavy atom. The van der Waals surface area contributed by atoms with Crippen molar-refractivity contribution >= 4 is 27.3 Å². The predicted molar refractivity (Wildman–Crippen MR) is 94.1 cm³/mol. The molecule has 0 bridgehead atoms. The second kappa shape index (κ2) is 8.04. The zero-order valence-corrected chi connectivity index (χ0v) is 14.0. The van der Waals surface area contributed by atoms with Crippen LogP contribution in [-0.4, -0.2) is 27.1 Å². The van der Waals surface area contributed by atoms with Crippen LogP contribution >= 0.6 is 0 Å². The van der Waals surface area contributed by atoms with Gasteiger partial charge in [-0.1, -0.05) is 23.3 Å². The van der Waals surface area contributed by atoms with Gasteiger partial charge in [-0.2, -0.15) is 0 Å². The number of carbonyl (C=O) groups excluding carboxylic acids is 1. The molecule has 10 heteroatoms. The van der Waals surface area contributed by atoms with Crippen LogP contribution in [0.1, 0.15) is 0 Å². The number of sulfonamides is 1. The van der Waals surface area contributed by atoms with Crippen molar-refractivity contribution in [2.75, 3.05) is 22.8 Å². The first-order valence-electron chi connectivity index (χ1n) is 7.03. The van der Waals surface area contributed by atoms with Crippen molar-refractivity contribution in [2.24, 2.45) is 5.11 Å². The highest BCUT2D eigenvalue weighted by Crippen LogP contribution is 2.32. The molecule has 130 valence electrons. The van der Waals surface area contributed by atoms with E-state index in [-0.39, 0.29) is 18.0 Å². The summed E-state index contributed by atoms with van der Waals surface area (Å²) >= 11 is 0. The van der Waals surface area contributed by atoms with Gasteiger partial charge in [-0.05, 0) is 29.8 Å². The first-order chi connectivity index (χ1) is 11.9. The third kappa shape index (κ3) is 6.05. The molecule has 2 N–H and O–H groups in total. The van der Waals surface area contributed by atoms with Gasteiger partial charge in [0.25, 0.3) is 0 Å². The van der Waals surface area contributed by atoms with Gasteiger partial charge in [0.2, 0.25) is 15.9 Å². The van der Waals surface area contributed by atoms with Crippen molar-refractivity contribution in [3.8, 4) is 11.5 Å². The maximum Gasteiger partial charge on any atom is 0.230 e. The molecule has 0 atom stereocenters. The van der Waals surface area contributed by atoms with Crippen molar-refractivity contribution in [1.29, 1.82) is 0 Å². The summed E-state index contributed by atoms with van der Waals surface area (Å²) in [5, 5.41) is 5.70. The minimum Gasteiger partial charge on any atom is -0.455 e. The largest absolute Gasteiger partial charge is 0.455 e. The molecule has 2 aromatic rings. The highest BCUT2D eigenvalue weighted by molar-refractivity contribution is 7.92. The summed E-state index contributed by atoms with van der Waals surface area (Å²) in [6.45, 7) is -0.352. The summed E-state index contributed by atoms with van der Waals surface area (Å²) in [6.07, 6.45) is 1.02. The fourth-order valence-corrected chi connectivity index (χ4v) is 2.45. The SMILES string of the molecule is CS(=O)(=O)Nc1ccc(NC(=O)CN=[N+]=[N-])cc1Oc1ccccc1. The Labute approximate surface area is 144 Å².